The van der Waals surface area contributed by atoms with Crippen LogP contribution < -0.4 is 0 Å². The van der Waals surface area contributed by atoms with Gasteiger partial charge in [-0.3, -0.25) is 9.55 Å². The number of hydrogen-bond acceptors (Lipinski definition) is 3. The number of aromatic hydroxyl groups is 1. The minimum Gasteiger partial charge on any atom is -0.507 e. The number of phenolic OH excluding ortho intramolecular Hbond substituents is 1. The second-order valence-electron chi connectivity index (χ2n) is 17.0. The number of benzene rings is 6. The molecule has 2 heterocycles. The van der Waals surface area contributed by atoms with Crippen LogP contribution in [0.15, 0.2) is 146 Å². The van der Waals surface area contributed by atoms with Crippen molar-refractivity contribution >= 4 is 11.0 Å². The molecular formula is C54H52N3OPt-. The molecule has 0 bridgehead atoms. The van der Waals surface area contributed by atoms with Crippen LogP contribution in [0.25, 0.3) is 72.7 Å². The van der Waals surface area contributed by atoms with Gasteiger partial charge in [-0.1, -0.05) is 164 Å². The largest absolute Gasteiger partial charge is 0.507 e. The Morgan fingerprint density at radius 1 is 0.576 bits per heavy atom. The van der Waals surface area contributed by atoms with E-state index in [9.17, 15) is 5.11 Å². The third-order valence-corrected chi connectivity index (χ3v) is 10.7. The van der Waals surface area contributed by atoms with Gasteiger partial charge >= 0.3 is 0 Å². The van der Waals surface area contributed by atoms with Crippen LogP contribution in [-0.2, 0) is 37.3 Å². The molecule has 0 aliphatic carbocycles. The molecule has 0 amide bonds. The molecule has 2 aromatic heterocycles. The molecule has 6 aromatic carbocycles. The first kappa shape index (κ1) is 31.4. The van der Waals surface area contributed by atoms with Gasteiger partial charge in [0.25, 0.3) is 0 Å². The number of aromatic nitrogens is 3. The molecule has 59 heavy (non-hydrogen) atoms. The molecule has 0 fully saturated rings. The van der Waals surface area contributed by atoms with Crippen molar-refractivity contribution in [1.29, 1.82) is 0 Å². The maximum Gasteiger partial charge on any atom is 0.148 e. The number of pyridine rings is 1. The summed E-state index contributed by atoms with van der Waals surface area (Å²) in [4.78, 5) is 10.1. The van der Waals surface area contributed by atoms with Crippen LogP contribution in [0.4, 0.5) is 0 Å². The van der Waals surface area contributed by atoms with E-state index < -0.39 is 31.5 Å². The van der Waals surface area contributed by atoms with Gasteiger partial charge in [-0.2, -0.15) is 0 Å². The number of phenols is 1. The Balaban J connectivity index is 0.00000684. The second-order valence-corrected chi connectivity index (χ2v) is 17.0. The van der Waals surface area contributed by atoms with Gasteiger partial charge in [-0.15, -0.1) is 29.3 Å². The first-order chi connectivity index (χ1) is 31.3. The Bertz CT molecular complexity index is 3090. The van der Waals surface area contributed by atoms with Gasteiger partial charge in [0.2, 0.25) is 0 Å². The number of para-hydroxylation sites is 1. The van der Waals surface area contributed by atoms with Crippen molar-refractivity contribution in [3.8, 4) is 67.5 Å². The van der Waals surface area contributed by atoms with E-state index in [4.69, 9.17) is 22.3 Å². The predicted molar refractivity (Wildman–Crippen MR) is 243 cm³/mol. The van der Waals surface area contributed by atoms with Gasteiger partial charge < -0.3 is 5.11 Å². The summed E-state index contributed by atoms with van der Waals surface area (Å²) in [6.45, 7) is 2.19. The average Bonchev–Trinajstić information content (AvgIpc) is 3.65. The van der Waals surface area contributed by atoms with Crippen molar-refractivity contribution in [2.24, 2.45) is 0 Å². The Hall–Kier alpha value is -5.57. The summed E-state index contributed by atoms with van der Waals surface area (Å²) in [5.74, 6) is -0.226. The van der Waals surface area contributed by atoms with Crippen LogP contribution in [0, 0.1) is 6.07 Å². The summed E-state index contributed by atoms with van der Waals surface area (Å²) >= 11 is 0. The van der Waals surface area contributed by atoms with Crippen molar-refractivity contribution in [3.05, 3.63) is 168 Å². The third kappa shape index (κ3) is 8.34. The van der Waals surface area contributed by atoms with Crippen molar-refractivity contribution in [2.75, 3.05) is 0 Å². The van der Waals surface area contributed by atoms with Crippen LogP contribution in [0.3, 0.4) is 0 Å². The molecule has 0 aliphatic heterocycles. The predicted octanol–water partition coefficient (Wildman–Crippen LogP) is 14.2. The number of imidazole rings is 1. The van der Waals surface area contributed by atoms with Gasteiger partial charge in [0.05, 0.1) is 16.6 Å². The van der Waals surface area contributed by atoms with Crippen molar-refractivity contribution in [3.63, 3.8) is 0 Å². The first-order valence-corrected chi connectivity index (χ1v) is 19.5. The second kappa shape index (κ2) is 15.9. The fraction of sp³-hybridized carbons (Fsp3) is 0.222. The van der Waals surface area contributed by atoms with Crippen LogP contribution in [0.2, 0.25) is 0 Å². The van der Waals surface area contributed by atoms with Crippen LogP contribution in [0.1, 0.15) is 91.1 Å². The monoisotopic (exact) mass is 962 g/mol. The Morgan fingerprint density at radius 3 is 1.95 bits per heavy atom. The molecule has 1 N–H and O–H groups in total. The molecule has 0 atom stereocenters. The topological polar surface area (TPSA) is 50.9 Å². The van der Waals surface area contributed by atoms with E-state index >= 15 is 0 Å². The quantitative estimate of drug-likeness (QED) is 0.169. The standard InChI is InChI=1S/C54H52N3O.Pt/c1-52(2,3)40-23-26-49(58)45(33-40)51-56-50-44(21-16-22-48(50)57(51)42-24-25-43(36-19-14-11-15-20-36)46(34-42)54(7,8)9)38-29-39(31-41(30-38)53(4,5)6)47-32-37(27-28-55-47)35-17-12-10-13-18-35;/h10-28,30-34,58H,1-9H3;/q-1;/i1D3,2D3,3D3;. The molecule has 300 valence electrons. The molecule has 8 rings (SSSR count). The van der Waals surface area contributed by atoms with Crippen LogP contribution >= 0.6 is 0 Å². The van der Waals surface area contributed by atoms with Gasteiger partial charge in [-0.25, -0.2) is 4.98 Å². The summed E-state index contributed by atoms with van der Waals surface area (Å²) in [6, 6.07) is 47.2. The normalized spacial score (nSPS) is 15.0. The molecule has 0 unspecified atom stereocenters. The zero-order chi connectivity index (χ0) is 48.5. The smallest absolute Gasteiger partial charge is 0.148 e. The van der Waals surface area contributed by atoms with Crippen LogP contribution in [-0.4, -0.2) is 19.6 Å². The SMILES string of the molecule is [2H]C([2H])([2H])C(c1ccc(O)c(-c2nc3c(-c4[c-]c(-c5cc(-c6ccccc6)ccn5)cc(C(C)(C)C)c4)cccc3n2-c2ccc(-c3ccccc3)c(C(C)(C)C)c2)c1)(C([2H])([2H])[2H])C([2H])([2H])[2H].[Pt]. The maximum atomic E-state index is 11.8. The fourth-order valence-electron chi connectivity index (χ4n) is 7.54. The van der Waals surface area contributed by atoms with E-state index in [1.807, 2.05) is 83.4 Å². The molecule has 0 spiro atoms. The summed E-state index contributed by atoms with van der Waals surface area (Å²) in [5, 5.41) is 11.8. The van der Waals surface area contributed by atoms with Crippen LogP contribution in [0.5, 0.6) is 5.75 Å². The van der Waals surface area contributed by atoms with Crippen molar-refractivity contribution in [1.82, 2.24) is 14.5 Å². The summed E-state index contributed by atoms with van der Waals surface area (Å²) in [5.41, 5.74) is 6.22. The van der Waals surface area contributed by atoms with E-state index in [1.165, 1.54) is 0 Å². The van der Waals surface area contributed by atoms with Gasteiger partial charge in [0, 0.05) is 51.0 Å². The fourth-order valence-corrected chi connectivity index (χ4v) is 7.54. The number of hydrogen-bond donors (Lipinski definition) is 1. The maximum absolute atomic E-state index is 11.8. The third-order valence-electron chi connectivity index (χ3n) is 10.7. The average molecular weight is 963 g/mol. The molecule has 0 saturated carbocycles. The summed E-state index contributed by atoms with van der Waals surface area (Å²) in [7, 11) is 0. The van der Waals surface area contributed by atoms with Crippen molar-refractivity contribution < 1.29 is 38.5 Å². The number of nitrogens with zero attached hydrogens (tertiary/aromatic N) is 3. The molecular weight excluding hydrogens is 902 g/mol. The minimum atomic E-state index is -3.53. The molecule has 8 aromatic rings. The Kier molecular flexibility index (Phi) is 8.44. The molecule has 0 aliphatic rings. The van der Waals surface area contributed by atoms with Gasteiger partial charge in [0.1, 0.15) is 11.6 Å². The zero-order valence-electron chi connectivity index (χ0n) is 43.0. The summed E-state index contributed by atoms with van der Waals surface area (Å²) < 4.78 is 78.3. The first-order valence-electron chi connectivity index (χ1n) is 24.0. The minimum absolute atomic E-state index is 0. The molecule has 5 heteroatoms. The number of fused-ring (bicyclic) bond motifs is 1. The number of rotatable bonds is 6. The molecule has 0 saturated heterocycles. The van der Waals surface area contributed by atoms with E-state index in [2.05, 4.69) is 90.1 Å². The van der Waals surface area contributed by atoms with E-state index in [0.717, 1.165) is 68.4 Å². The molecule has 4 nitrogen and oxygen atoms in total. The Labute approximate surface area is 377 Å². The van der Waals surface area contributed by atoms with E-state index in [-0.39, 0.29) is 49.0 Å². The molecule has 0 radical (unpaired) electrons. The Morgan fingerprint density at radius 2 is 1.27 bits per heavy atom. The van der Waals surface area contributed by atoms with Gasteiger partial charge in [-0.05, 0) is 86.0 Å². The zero-order valence-corrected chi connectivity index (χ0v) is 36.2. The van der Waals surface area contributed by atoms with E-state index in [0.29, 0.717) is 22.3 Å². The van der Waals surface area contributed by atoms with Crippen molar-refractivity contribution in [2.45, 2.75) is 78.3 Å². The van der Waals surface area contributed by atoms with E-state index in [1.54, 1.807) is 6.20 Å². The summed E-state index contributed by atoms with van der Waals surface area (Å²) in [6.07, 6.45) is 1.79. The van der Waals surface area contributed by atoms with Gasteiger partial charge in [0.15, 0.2) is 0 Å².